The quantitative estimate of drug-likeness (QED) is 0.164. The SMILES string of the molecule is C[C@H]1O[C@@H](n2ccc(=O)[nH]c2=O)C[C@@H]1O.O=P(O)(O)O.O=P(O)(O)O.O=P(O)(O)O. The van der Waals surface area contributed by atoms with E-state index in [2.05, 4.69) is 4.98 Å². The average Bonchev–Trinajstić information content (AvgIpc) is 2.72. The van der Waals surface area contributed by atoms with Crippen LogP contribution in [0.5, 0.6) is 0 Å². The predicted molar refractivity (Wildman–Crippen MR) is 94.3 cm³/mol. The standard InChI is InChI=1S/C9H12N2O4.3H3O4P/c1-5-6(12)4-8(15-5)11-3-2-7(13)10-9(11)14;3*1-5(2,3)4/h2-3,5-6,8,12H,4H2,1H3,(H,10,13,14);3*(H3,1,2,3,4)/t5-,6+,8-;;;/m1.../s1. The number of H-pyrrole nitrogens is 1. The molecular weight excluding hydrogens is 485 g/mol. The second-order valence-corrected chi connectivity index (χ2v) is 8.24. The third kappa shape index (κ3) is 23.2. The van der Waals surface area contributed by atoms with Crippen LogP contribution in [0.15, 0.2) is 21.9 Å². The summed E-state index contributed by atoms with van der Waals surface area (Å²) >= 11 is 0. The first kappa shape index (κ1) is 31.1. The number of nitrogens with one attached hydrogen (secondary N) is 1. The van der Waals surface area contributed by atoms with Crippen LogP contribution in [0.3, 0.4) is 0 Å². The van der Waals surface area contributed by atoms with E-state index in [1.807, 2.05) is 0 Å². The molecule has 0 unspecified atom stereocenters. The van der Waals surface area contributed by atoms with Gasteiger partial charge in [0.2, 0.25) is 0 Å². The molecule has 0 bridgehead atoms. The van der Waals surface area contributed by atoms with Crippen molar-refractivity contribution in [2.75, 3.05) is 0 Å². The van der Waals surface area contributed by atoms with Crippen LogP contribution in [-0.2, 0) is 18.4 Å². The normalized spacial score (nSPS) is 21.2. The second-order valence-electron chi connectivity index (χ2n) is 5.16. The van der Waals surface area contributed by atoms with Gasteiger partial charge < -0.3 is 53.9 Å². The maximum atomic E-state index is 11.4. The van der Waals surface area contributed by atoms with Gasteiger partial charge in [0.1, 0.15) is 6.23 Å². The van der Waals surface area contributed by atoms with Gasteiger partial charge >= 0.3 is 29.2 Å². The fraction of sp³-hybridized carbons (Fsp3) is 0.556. The number of hydrogen-bond acceptors (Lipinski definition) is 7. The predicted octanol–water partition coefficient (Wildman–Crippen LogP) is -3.58. The van der Waals surface area contributed by atoms with Crippen LogP contribution in [0.1, 0.15) is 19.6 Å². The molecule has 0 amide bonds. The highest BCUT2D eigenvalue weighted by Crippen LogP contribution is 2.27. The third-order valence-electron chi connectivity index (χ3n) is 2.52. The van der Waals surface area contributed by atoms with Crippen LogP contribution < -0.4 is 11.2 Å². The minimum absolute atomic E-state index is 0.297. The summed E-state index contributed by atoms with van der Waals surface area (Å²) in [6, 6.07) is 1.25. The van der Waals surface area contributed by atoms with E-state index in [0.29, 0.717) is 6.42 Å². The van der Waals surface area contributed by atoms with Gasteiger partial charge in [0.25, 0.3) is 5.56 Å². The molecule has 2 rings (SSSR count). The lowest BCUT2D eigenvalue weighted by atomic mass is 10.2. The molecule has 1 aliphatic rings. The zero-order valence-electron chi connectivity index (χ0n) is 14.8. The molecule has 11 N–H and O–H groups in total. The van der Waals surface area contributed by atoms with E-state index in [4.69, 9.17) is 62.5 Å². The molecule has 1 fully saturated rings. The van der Waals surface area contributed by atoms with E-state index in [1.54, 1.807) is 6.92 Å². The molecule has 1 aromatic heterocycles. The van der Waals surface area contributed by atoms with Crippen LogP contribution in [0.25, 0.3) is 0 Å². The maximum Gasteiger partial charge on any atom is 0.466 e. The summed E-state index contributed by atoms with van der Waals surface area (Å²) in [5.41, 5.74) is -0.961. The van der Waals surface area contributed by atoms with Crippen LogP contribution in [0.2, 0.25) is 0 Å². The van der Waals surface area contributed by atoms with Crippen molar-refractivity contribution in [3.05, 3.63) is 33.1 Å². The van der Waals surface area contributed by atoms with Crippen molar-refractivity contribution in [1.82, 2.24) is 9.55 Å². The van der Waals surface area contributed by atoms with Crippen molar-refractivity contribution in [2.45, 2.75) is 31.8 Å². The van der Waals surface area contributed by atoms with Gasteiger partial charge in [0.15, 0.2) is 0 Å². The number of hydrogen-bond donors (Lipinski definition) is 11. The van der Waals surface area contributed by atoms with Crippen molar-refractivity contribution >= 4 is 23.5 Å². The number of ether oxygens (including phenoxy) is 1. The molecule has 2 heterocycles. The monoisotopic (exact) mass is 506 g/mol. The second kappa shape index (κ2) is 12.7. The fourth-order valence-electron chi connectivity index (χ4n) is 1.63. The Balaban J connectivity index is 0. The molecule has 3 atom stereocenters. The van der Waals surface area contributed by atoms with E-state index in [-0.39, 0.29) is 6.10 Å². The van der Waals surface area contributed by atoms with Gasteiger partial charge in [-0.15, -0.1) is 0 Å². The van der Waals surface area contributed by atoms with Gasteiger partial charge in [-0.25, -0.2) is 18.5 Å². The molecule has 178 valence electrons. The Morgan fingerprint density at radius 3 is 1.57 bits per heavy atom. The van der Waals surface area contributed by atoms with E-state index < -0.39 is 47.0 Å². The Labute approximate surface area is 166 Å². The lowest BCUT2D eigenvalue weighted by molar-refractivity contribution is -0.0101. The molecule has 1 aromatic rings. The molecule has 30 heavy (non-hydrogen) atoms. The Hall–Kier alpha value is -1.07. The molecule has 0 aromatic carbocycles. The van der Waals surface area contributed by atoms with Crippen LogP contribution in [-0.4, -0.2) is 70.9 Å². The summed E-state index contributed by atoms with van der Waals surface area (Å²) in [6.07, 6.45) is 0.353. The van der Waals surface area contributed by atoms with E-state index in [0.717, 1.165) is 0 Å². The van der Waals surface area contributed by atoms with Crippen molar-refractivity contribution in [2.24, 2.45) is 0 Å². The number of aliphatic hydroxyl groups is 1. The minimum Gasteiger partial charge on any atom is -0.390 e. The van der Waals surface area contributed by atoms with Crippen LogP contribution in [0.4, 0.5) is 0 Å². The van der Waals surface area contributed by atoms with E-state index in [9.17, 15) is 14.7 Å². The lowest BCUT2D eigenvalue weighted by Crippen LogP contribution is -2.31. The number of phosphoric acid groups is 3. The average molecular weight is 506 g/mol. The molecule has 21 heteroatoms. The Morgan fingerprint density at radius 1 is 0.933 bits per heavy atom. The number of aromatic amines is 1. The fourth-order valence-corrected chi connectivity index (χ4v) is 1.63. The zero-order valence-corrected chi connectivity index (χ0v) is 17.5. The first-order valence-corrected chi connectivity index (χ1v) is 11.8. The summed E-state index contributed by atoms with van der Waals surface area (Å²) in [5, 5.41) is 9.46. The van der Waals surface area contributed by atoms with Gasteiger partial charge in [0.05, 0.1) is 12.2 Å². The number of aromatic nitrogens is 2. The molecule has 0 aliphatic carbocycles. The first-order chi connectivity index (χ1) is 13.1. The van der Waals surface area contributed by atoms with E-state index >= 15 is 0 Å². The molecule has 0 radical (unpaired) electrons. The highest BCUT2D eigenvalue weighted by atomic mass is 31.2. The number of nitrogens with zero attached hydrogens (tertiary/aromatic N) is 1. The highest BCUT2D eigenvalue weighted by Gasteiger charge is 2.32. The summed E-state index contributed by atoms with van der Waals surface area (Å²) in [7, 11) is -13.9. The van der Waals surface area contributed by atoms with Crippen LogP contribution >= 0.6 is 23.5 Å². The zero-order chi connectivity index (χ0) is 24.5. The molecule has 0 spiro atoms. The van der Waals surface area contributed by atoms with Crippen LogP contribution in [0, 0.1) is 0 Å². The third-order valence-corrected chi connectivity index (χ3v) is 2.52. The maximum absolute atomic E-state index is 11.4. The molecular formula is C9H21N2O16P3. The van der Waals surface area contributed by atoms with Gasteiger partial charge in [-0.1, -0.05) is 0 Å². The number of rotatable bonds is 1. The molecule has 18 nitrogen and oxygen atoms in total. The van der Waals surface area contributed by atoms with Gasteiger partial charge in [0, 0.05) is 18.7 Å². The Bertz CT molecular complexity index is 811. The largest absolute Gasteiger partial charge is 0.466 e. The van der Waals surface area contributed by atoms with Gasteiger partial charge in [-0.2, -0.15) is 0 Å². The van der Waals surface area contributed by atoms with Crippen molar-refractivity contribution < 1.29 is 67.6 Å². The summed E-state index contributed by atoms with van der Waals surface area (Å²) in [5.74, 6) is 0. The first-order valence-electron chi connectivity index (χ1n) is 7.07. The van der Waals surface area contributed by atoms with Crippen molar-refractivity contribution in [1.29, 1.82) is 0 Å². The van der Waals surface area contributed by atoms with E-state index in [1.165, 1.54) is 16.8 Å². The Kier molecular flexibility index (Phi) is 13.2. The van der Waals surface area contributed by atoms with Gasteiger partial charge in [-0.05, 0) is 6.92 Å². The molecule has 1 saturated heterocycles. The minimum atomic E-state index is -4.64. The Morgan fingerprint density at radius 2 is 1.30 bits per heavy atom. The van der Waals surface area contributed by atoms with Crippen molar-refractivity contribution in [3.8, 4) is 0 Å². The van der Waals surface area contributed by atoms with Crippen molar-refractivity contribution in [3.63, 3.8) is 0 Å². The lowest BCUT2D eigenvalue weighted by Gasteiger charge is -2.12. The topological polar surface area (TPSA) is 318 Å². The summed E-state index contributed by atoms with van der Waals surface area (Å²) in [6.45, 7) is 1.74. The van der Waals surface area contributed by atoms with Gasteiger partial charge in [-0.3, -0.25) is 14.3 Å². The smallest absolute Gasteiger partial charge is 0.390 e. The highest BCUT2D eigenvalue weighted by molar-refractivity contribution is 7.45. The summed E-state index contributed by atoms with van der Waals surface area (Å²) in [4.78, 5) is 89.0. The summed E-state index contributed by atoms with van der Waals surface area (Å²) < 4.78 is 33.3. The number of aliphatic hydroxyl groups excluding tert-OH is 1. The molecule has 0 saturated carbocycles. The molecule has 1 aliphatic heterocycles.